The van der Waals surface area contributed by atoms with Crippen molar-refractivity contribution in [3.05, 3.63) is 11.6 Å². The van der Waals surface area contributed by atoms with E-state index in [0.29, 0.717) is 18.1 Å². The van der Waals surface area contributed by atoms with Crippen LogP contribution >= 0.6 is 0 Å². The standard InChI is InChI=1S/C16H29N5/c1-4-15-18-16-14(6-5-9-21(16)19-15)17-13-7-10-20(11-8-13)12(2)3/h12-14,17H,4-11H2,1-3H3/t14-/m1/s1. The van der Waals surface area contributed by atoms with E-state index in [9.17, 15) is 0 Å². The molecule has 1 aromatic heterocycles. The topological polar surface area (TPSA) is 46.0 Å². The third-order valence-corrected chi connectivity index (χ3v) is 4.93. The number of nitrogens with one attached hydrogen (secondary N) is 1. The summed E-state index contributed by atoms with van der Waals surface area (Å²) < 4.78 is 2.13. The predicted molar refractivity (Wildman–Crippen MR) is 84.2 cm³/mol. The van der Waals surface area contributed by atoms with Gasteiger partial charge in [-0.25, -0.2) is 9.67 Å². The fraction of sp³-hybridized carbons (Fsp3) is 0.875. The molecule has 1 atom stereocenters. The second kappa shape index (κ2) is 6.44. The molecule has 0 bridgehead atoms. The van der Waals surface area contributed by atoms with Crippen molar-refractivity contribution in [1.29, 1.82) is 0 Å². The van der Waals surface area contributed by atoms with Gasteiger partial charge in [-0.1, -0.05) is 6.92 Å². The molecule has 21 heavy (non-hydrogen) atoms. The first kappa shape index (κ1) is 15.0. The lowest BCUT2D eigenvalue weighted by Gasteiger charge is -2.37. The first-order valence-corrected chi connectivity index (χ1v) is 8.61. The third-order valence-electron chi connectivity index (χ3n) is 4.93. The van der Waals surface area contributed by atoms with Crippen molar-refractivity contribution in [2.45, 2.75) is 77.5 Å². The Balaban J connectivity index is 1.61. The Labute approximate surface area is 128 Å². The van der Waals surface area contributed by atoms with Crippen LogP contribution in [0.2, 0.25) is 0 Å². The molecule has 1 aromatic rings. The van der Waals surface area contributed by atoms with Crippen molar-refractivity contribution < 1.29 is 0 Å². The smallest absolute Gasteiger partial charge is 0.150 e. The molecule has 1 fully saturated rings. The maximum Gasteiger partial charge on any atom is 0.150 e. The summed E-state index contributed by atoms with van der Waals surface area (Å²) in [6.07, 6.45) is 5.85. The van der Waals surface area contributed by atoms with Crippen molar-refractivity contribution >= 4 is 0 Å². The van der Waals surface area contributed by atoms with Gasteiger partial charge in [0.2, 0.25) is 0 Å². The molecule has 3 heterocycles. The van der Waals surface area contributed by atoms with E-state index in [4.69, 9.17) is 4.98 Å². The van der Waals surface area contributed by atoms with Gasteiger partial charge in [-0.2, -0.15) is 5.10 Å². The van der Waals surface area contributed by atoms with Crippen molar-refractivity contribution in [2.24, 2.45) is 0 Å². The van der Waals surface area contributed by atoms with E-state index in [1.165, 1.54) is 44.6 Å². The minimum absolute atomic E-state index is 0.405. The average Bonchev–Trinajstić information content (AvgIpc) is 2.92. The van der Waals surface area contributed by atoms with Gasteiger partial charge in [0.15, 0.2) is 5.82 Å². The molecule has 2 aliphatic rings. The predicted octanol–water partition coefficient (Wildman–Crippen LogP) is 2.14. The molecule has 1 N–H and O–H groups in total. The molecule has 0 amide bonds. The highest BCUT2D eigenvalue weighted by Gasteiger charge is 2.28. The number of piperidine rings is 1. The zero-order valence-electron chi connectivity index (χ0n) is 13.7. The van der Waals surface area contributed by atoms with E-state index in [2.05, 4.69) is 40.8 Å². The maximum atomic E-state index is 4.74. The van der Waals surface area contributed by atoms with Crippen molar-refractivity contribution in [3.8, 4) is 0 Å². The Morgan fingerprint density at radius 1 is 1.19 bits per heavy atom. The average molecular weight is 291 g/mol. The van der Waals surface area contributed by atoms with E-state index in [1.54, 1.807) is 0 Å². The Morgan fingerprint density at radius 2 is 1.95 bits per heavy atom. The van der Waals surface area contributed by atoms with Gasteiger partial charge in [0, 0.05) is 25.0 Å². The van der Waals surface area contributed by atoms with Gasteiger partial charge in [0.1, 0.15) is 5.82 Å². The lowest BCUT2D eigenvalue weighted by molar-refractivity contribution is 0.152. The summed E-state index contributed by atoms with van der Waals surface area (Å²) in [7, 11) is 0. The van der Waals surface area contributed by atoms with Crippen LogP contribution in [0.3, 0.4) is 0 Å². The number of nitrogens with zero attached hydrogens (tertiary/aromatic N) is 4. The van der Waals surface area contributed by atoms with Crippen LogP contribution in [0.1, 0.15) is 64.1 Å². The van der Waals surface area contributed by atoms with Crippen LogP contribution in [0.15, 0.2) is 0 Å². The molecular weight excluding hydrogens is 262 g/mol. The van der Waals surface area contributed by atoms with Crippen molar-refractivity contribution in [3.63, 3.8) is 0 Å². The molecule has 3 rings (SSSR count). The Bertz CT molecular complexity index is 459. The lowest BCUT2D eigenvalue weighted by Crippen LogP contribution is -2.46. The van der Waals surface area contributed by atoms with Gasteiger partial charge in [-0.05, 0) is 52.6 Å². The largest absolute Gasteiger partial charge is 0.304 e. The van der Waals surface area contributed by atoms with Crippen LogP contribution in [0.25, 0.3) is 0 Å². The molecular formula is C16H29N5. The third kappa shape index (κ3) is 3.29. The molecule has 0 aliphatic carbocycles. The first-order valence-electron chi connectivity index (χ1n) is 8.61. The van der Waals surface area contributed by atoms with Crippen LogP contribution < -0.4 is 5.32 Å². The highest BCUT2D eigenvalue weighted by Crippen LogP contribution is 2.25. The number of likely N-dealkylation sites (tertiary alicyclic amines) is 1. The fourth-order valence-corrected chi connectivity index (χ4v) is 3.57. The number of hydrogen-bond donors (Lipinski definition) is 1. The summed E-state index contributed by atoms with van der Waals surface area (Å²) in [5.41, 5.74) is 0. The molecule has 2 aliphatic heterocycles. The first-order chi connectivity index (χ1) is 10.2. The van der Waals surface area contributed by atoms with Crippen molar-refractivity contribution in [1.82, 2.24) is 25.0 Å². The van der Waals surface area contributed by atoms with Crippen molar-refractivity contribution in [2.75, 3.05) is 13.1 Å². The van der Waals surface area contributed by atoms with Gasteiger partial charge in [-0.15, -0.1) is 0 Å². The van der Waals surface area contributed by atoms with E-state index in [1.807, 2.05) is 0 Å². The summed E-state index contributed by atoms with van der Waals surface area (Å²) in [5, 5.41) is 8.47. The van der Waals surface area contributed by atoms with Crippen LogP contribution in [0.5, 0.6) is 0 Å². The summed E-state index contributed by atoms with van der Waals surface area (Å²) in [6, 6.07) is 1.72. The molecule has 0 saturated carbocycles. The second-order valence-corrected chi connectivity index (χ2v) is 6.73. The minimum Gasteiger partial charge on any atom is -0.304 e. The van der Waals surface area contributed by atoms with Gasteiger partial charge in [0.25, 0.3) is 0 Å². The summed E-state index contributed by atoms with van der Waals surface area (Å²) in [4.78, 5) is 7.32. The minimum atomic E-state index is 0.405. The van der Waals surface area contributed by atoms with E-state index < -0.39 is 0 Å². The summed E-state index contributed by atoms with van der Waals surface area (Å²) in [5.74, 6) is 2.16. The number of aromatic nitrogens is 3. The highest BCUT2D eigenvalue weighted by atomic mass is 15.4. The molecule has 5 nitrogen and oxygen atoms in total. The fourth-order valence-electron chi connectivity index (χ4n) is 3.57. The van der Waals surface area contributed by atoms with Crippen LogP contribution in [0.4, 0.5) is 0 Å². The zero-order valence-corrected chi connectivity index (χ0v) is 13.7. The molecule has 0 radical (unpaired) electrons. The maximum absolute atomic E-state index is 4.74. The molecule has 0 aromatic carbocycles. The summed E-state index contributed by atoms with van der Waals surface area (Å²) >= 11 is 0. The second-order valence-electron chi connectivity index (χ2n) is 6.73. The SMILES string of the molecule is CCc1nc2n(n1)CCC[C@H]2NC1CCN(C(C)C)CC1. The lowest BCUT2D eigenvalue weighted by atomic mass is 10.00. The van der Waals surface area contributed by atoms with Gasteiger partial charge in [-0.3, -0.25) is 0 Å². The van der Waals surface area contributed by atoms with Crippen LogP contribution in [-0.4, -0.2) is 44.8 Å². The van der Waals surface area contributed by atoms with E-state index in [-0.39, 0.29) is 0 Å². The molecule has 118 valence electrons. The molecule has 1 saturated heterocycles. The number of hydrogen-bond acceptors (Lipinski definition) is 4. The quantitative estimate of drug-likeness (QED) is 0.923. The number of rotatable bonds is 4. The highest BCUT2D eigenvalue weighted by molar-refractivity contribution is 5.03. The molecule has 5 heteroatoms. The van der Waals surface area contributed by atoms with E-state index in [0.717, 1.165) is 18.8 Å². The zero-order chi connectivity index (χ0) is 14.8. The normalized spacial score (nSPS) is 24.5. The van der Waals surface area contributed by atoms with Crippen LogP contribution in [0, 0.1) is 0 Å². The number of fused-ring (bicyclic) bond motifs is 1. The monoisotopic (exact) mass is 291 g/mol. The Morgan fingerprint density at radius 3 is 2.62 bits per heavy atom. The summed E-state index contributed by atoms with van der Waals surface area (Å²) in [6.45, 7) is 10.2. The molecule has 0 spiro atoms. The number of aryl methyl sites for hydroxylation is 2. The van der Waals surface area contributed by atoms with E-state index >= 15 is 0 Å². The Hall–Kier alpha value is -0.940. The Kier molecular flexibility index (Phi) is 4.60. The van der Waals surface area contributed by atoms with Gasteiger partial charge in [0.05, 0.1) is 6.04 Å². The van der Waals surface area contributed by atoms with Gasteiger partial charge < -0.3 is 10.2 Å². The van der Waals surface area contributed by atoms with Gasteiger partial charge >= 0.3 is 0 Å². The molecule has 0 unspecified atom stereocenters. The van der Waals surface area contributed by atoms with Crippen LogP contribution in [-0.2, 0) is 13.0 Å².